The molecule has 90 valence electrons. The Morgan fingerprint density at radius 2 is 2.53 bits per heavy atom. The Bertz CT molecular complexity index is 491. The molecule has 2 aromatic heterocycles. The summed E-state index contributed by atoms with van der Waals surface area (Å²) in [7, 11) is 0. The Morgan fingerprint density at radius 1 is 1.71 bits per heavy atom. The van der Waals surface area contributed by atoms with Crippen LogP contribution in [0.15, 0.2) is 28.2 Å². The summed E-state index contributed by atoms with van der Waals surface area (Å²) < 4.78 is 10.4. The molecule has 1 N–H and O–H groups in total. The van der Waals surface area contributed by atoms with Gasteiger partial charge in [-0.05, 0) is 18.4 Å². The maximum absolute atomic E-state index is 10.5. The molecule has 6 heteroatoms. The first-order valence-electron chi connectivity index (χ1n) is 4.99. The Balaban J connectivity index is 1.97. The van der Waals surface area contributed by atoms with Gasteiger partial charge in [0.05, 0.1) is 11.5 Å². The third kappa shape index (κ3) is 2.92. The van der Waals surface area contributed by atoms with Crippen LogP contribution in [0, 0.1) is 0 Å². The van der Waals surface area contributed by atoms with E-state index in [1.54, 1.807) is 0 Å². The SMILES string of the molecule is CC(OCc1coc(-c2cccs2)n1)C(=O)O. The summed E-state index contributed by atoms with van der Waals surface area (Å²) in [4.78, 5) is 15.7. The molecule has 2 aromatic rings. The van der Waals surface area contributed by atoms with Crippen molar-refractivity contribution in [3.63, 3.8) is 0 Å². The zero-order chi connectivity index (χ0) is 12.3. The lowest BCUT2D eigenvalue weighted by Gasteiger charge is -2.05. The monoisotopic (exact) mass is 253 g/mol. The molecular formula is C11H11NO4S. The predicted molar refractivity (Wildman–Crippen MR) is 61.7 cm³/mol. The fourth-order valence-electron chi connectivity index (χ4n) is 1.17. The molecule has 0 fully saturated rings. The van der Waals surface area contributed by atoms with Gasteiger partial charge >= 0.3 is 5.97 Å². The number of thiophene rings is 1. The molecule has 0 radical (unpaired) electrons. The van der Waals surface area contributed by atoms with Gasteiger partial charge in [-0.2, -0.15) is 0 Å². The fraction of sp³-hybridized carbons (Fsp3) is 0.273. The lowest BCUT2D eigenvalue weighted by molar-refractivity contribution is -0.149. The summed E-state index contributed by atoms with van der Waals surface area (Å²) in [5.41, 5.74) is 0.585. The second-order valence-electron chi connectivity index (χ2n) is 3.41. The van der Waals surface area contributed by atoms with Crippen molar-refractivity contribution in [1.82, 2.24) is 4.98 Å². The van der Waals surface area contributed by atoms with Crippen LogP contribution in [-0.2, 0) is 16.1 Å². The van der Waals surface area contributed by atoms with Gasteiger partial charge in [-0.3, -0.25) is 0 Å². The minimum absolute atomic E-state index is 0.127. The molecule has 5 nitrogen and oxygen atoms in total. The van der Waals surface area contributed by atoms with Crippen LogP contribution in [0.25, 0.3) is 10.8 Å². The van der Waals surface area contributed by atoms with Gasteiger partial charge in [0.1, 0.15) is 12.0 Å². The quantitative estimate of drug-likeness (QED) is 0.885. The second-order valence-corrected chi connectivity index (χ2v) is 4.36. The molecule has 0 aliphatic carbocycles. The van der Waals surface area contributed by atoms with Gasteiger partial charge in [-0.1, -0.05) is 6.07 Å². The summed E-state index contributed by atoms with van der Waals surface area (Å²) in [5.74, 6) is -0.464. The number of ether oxygens (including phenoxy) is 1. The Morgan fingerprint density at radius 3 is 3.18 bits per heavy atom. The molecule has 0 spiro atoms. The number of aliphatic carboxylic acids is 1. The third-order valence-corrected chi connectivity index (χ3v) is 2.97. The highest BCUT2D eigenvalue weighted by atomic mass is 32.1. The highest BCUT2D eigenvalue weighted by Gasteiger charge is 2.13. The van der Waals surface area contributed by atoms with Crippen molar-refractivity contribution >= 4 is 17.3 Å². The van der Waals surface area contributed by atoms with Gasteiger partial charge < -0.3 is 14.3 Å². The molecule has 0 amide bonds. The first kappa shape index (κ1) is 11.8. The maximum Gasteiger partial charge on any atom is 0.332 e. The molecule has 1 unspecified atom stereocenters. The van der Waals surface area contributed by atoms with Gasteiger partial charge in [0.2, 0.25) is 5.89 Å². The number of nitrogens with zero attached hydrogens (tertiary/aromatic N) is 1. The average Bonchev–Trinajstić information content (AvgIpc) is 2.95. The van der Waals surface area contributed by atoms with Crippen molar-refractivity contribution < 1.29 is 19.1 Å². The van der Waals surface area contributed by atoms with E-state index in [0.717, 1.165) is 4.88 Å². The van der Waals surface area contributed by atoms with Crippen LogP contribution in [-0.4, -0.2) is 22.2 Å². The summed E-state index contributed by atoms with van der Waals surface area (Å²) >= 11 is 1.53. The van der Waals surface area contributed by atoms with Gasteiger partial charge in [0.25, 0.3) is 0 Å². The summed E-state index contributed by atoms with van der Waals surface area (Å²) in [6.07, 6.45) is 0.626. The van der Waals surface area contributed by atoms with Crippen molar-refractivity contribution in [2.24, 2.45) is 0 Å². The van der Waals surface area contributed by atoms with Gasteiger partial charge in [-0.25, -0.2) is 9.78 Å². The largest absolute Gasteiger partial charge is 0.479 e. The van der Waals surface area contributed by atoms with E-state index in [9.17, 15) is 4.79 Å². The number of hydrogen-bond donors (Lipinski definition) is 1. The van der Waals surface area contributed by atoms with Gasteiger partial charge in [0.15, 0.2) is 6.10 Å². The molecule has 2 rings (SSSR count). The van der Waals surface area contributed by atoms with E-state index in [-0.39, 0.29) is 6.61 Å². The zero-order valence-electron chi connectivity index (χ0n) is 9.12. The number of carbonyl (C=O) groups is 1. The van der Waals surface area contributed by atoms with E-state index in [4.69, 9.17) is 14.3 Å². The topological polar surface area (TPSA) is 72.6 Å². The van der Waals surface area contributed by atoms with Crippen LogP contribution >= 0.6 is 11.3 Å². The Labute approximate surface area is 102 Å². The third-order valence-electron chi connectivity index (χ3n) is 2.11. The molecule has 0 saturated carbocycles. The molecule has 0 aliphatic heterocycles. The van der Waals surface area contributed by atoms with Crippen LogP contribution in [0.2, 0.25) is 0 Å². The second kappa shape index (κ2) is 5.11. The van der Waals surface area contributed by atoms with Gasteiger partial charge in [0, 0.05) is 0 Å². The molecule has 0 aromatic carbocycles. The number of oxazole rings is 1. The van der Waals surface area contributed by atoms with Crippen molar-refractivity contribution in [2.45, 2.75) is 19.6 Å². The summed E-state index contributed by atoms with van der Waals surface area (Å²) in [5, 5.41) is 10.6. The van der Waals surface area contributed by atoms with E-state index < -0.39 is 12.1 Å². The number of aromatic nitrogens is 1. The van der Waals surface area contributed by atoms with Crippen LogP contribution < -0.4 is 0 Å². The molecule has 17 heavy (non-hydrogen) atoms. The molecule has 2 heterocycles. The molecule has 0 saturated heterocycles. The van der Waals surface area contributed by atoms with E-state index in [1.165, 1.54) is 24.5 Å². The number of rotatable bonds is 5. The molecule has 1 atom stereocenters. The minimum Gasteiger partial charge on any atom is -0.479 e. The lowest BCUT2D eigenvalue weighted by atomic mass is 10.4. The van der Waals surface area contributed by atoms with E-state index in [1.807, 2.05) is 17.5 Å². The zero-order valence-corrected chi connectivity index (χ0v) is 9.94. The van der Waals surface area contributed by atoms with Crippen molar-refractivity contribution in [1.29, 1.82) is 0 Å². The number of carboxylic acids is 1. The normalized spacial score (nSPS) is 12.5. The van der Waals surface area contributed by atoms with E-state index in [2.05, 4.69) is 4.98 Å². The summed E-state index contributed by atoms with van der Waals surface area (Å²) in [6, 6.07) is 3.81. The molecule has 0 aliphatic rings. The maximum atomic E-state index is 10.5. The summed E-state index contributed by atoms with van der Waals surface area (Å²) in [6.45, 7) is 1.60. The first-order chi connectivity index (χ1) is 8.16. The number of hydrogen-bond acceptors (Lipinski definition) is 5. The van der Waals surface area contributed by atoms with Crippen molar-refractivity contribution in [3.05, 3.63) is 29.5 Å². The van der Waals surface area contributed by atoms with Crippen LogP contribution in [0.5, 0.6) is 0 Å². The number of carboxylic acid groups (broad SMARTS) is 1. The fourth-order valence-corrected chi connectivity index (χ4v) is 1.82. The van der Waals surface area contributed by atoms with Crippen LogP contribution in [0.4, 0.5) is 0 Å². The highest BCUT2D eigenvalue weighted by Crippen LogP contribution is 2.23. The van der Waals surface area contributed by atoms with Crippen LogP contribution in [0.3, 0.4) is 0 Å². The van der Waals surface area contributed by atoms with Gasteiger partial charge in [-0.15, -0.1) is 11.3 Å². The Hall–Kier alpha value is -1.66. The van der Waals surface area contributed by atoms with Crippen LogP contribution in [0.1, 0.15) is 12.6 Å². The smallest absolute Gasteiger partial charge is 0.332 e. The van der Waals surface area contributed by atoms with Crippen molar-refractivity contribution in [2.75, 3.05) is 0 Å². The van der Waals surface area contributed by atoms with E-state index in [0.29, 0.717) is 11.6 Å². The highest BCUT2D eigenvalue weighted by molar-refractivity contribution is 7.13. The molecular weight excluding hydrogens is 242 g/mol. The minimum atomic E-state index is -0.994. The van der Waals surface area contributed by atoms with Crippen molar-refractivity contribution in [3.8, 4) is 10.8 Å². The Kier molecular flexibility index (Phi) is 3.55. The van der Waals surface area contributed by atoms with E-state index >= 15 is 0 Å². The molecule has 0 bridgehead atoms. The lowest BCUT2D eigenvalue weighted by Crippen LogP contribution is -2.19. The standard InChI is InChI=1S/C11H11NO4S/c1-7(11(13)14)15-5-8-6-16-10(12-8)9-3-2-4-17-9/h2-4,6-7H,5H2,1H3,(H,13,14). The predicted octanol–water partition coefficient (Wildman–Crippen LogP) is 2.39. The first-order valence-corrected chi connectivity index (χ1v) is 5.87. The average molecular weight is 253 g/mol.